The van der Waals surface area contributed by atoms with Gasteiger partial charge in [0.25, 0.3) is 0 Å². The van der Waals surface area contributed by atoms with E-state index in [1.54, 1.807) is 59.0 Å². The third kappa shape index (κ3) is 5.49. The topological polar surface area (TPSA) is 29.5 Å². The van der Waals surface area contributed by atoms with Crippen LogP contribution in [0.15, 0.2) is 36.4 Å². The van der Waals surface area contributed by atoms with Crippen molar-refractivity contribution in [3.63, 3.8) is 0 Å². The maximum atomic E-state index is 13.1. The van der Waals surface area contributed by atoms with Crippen molar-refractivity contribution in [2.45, 2.75) is 46.4 Å². The summed E-state index contributed by atoms with van der Waals surface area (Å²) in [5.74, 6) is 0. The fourth-order valence-corrected chi connectivity index (χ4v) is 2.67. The van der Waals surface area contributed by atoms with Crippen LogP contribution in [0.3, 0.4) is 0 Å². The summed E-state index contributed by atoms with van der Waals surface area (Å²) in [6, 6.07) is 9.20. The molecule has 2 rings (SSSR count). The number of benzene rings is 2. The van der Waals surface area contributed by atoms with Crippen molar-refractivity contribution in [1.29, 1.82) is 0 Å². The zero-order valence-electron chi connectivity index (χ0n) is 16.4. The zero-order chi connectivity index (χ0) is 20.6. The number of ether oxygens (including phenoxy) is 1. The summed E-state index contributed by atoms with van der Waals surface area (Å²) in [5, 5.41) is 0. The molecule has 0 heterocycles. The van der Waals surface area contributed by atoms with E-state index in [0.29, 0.717) is 22.4 Å². The first-order chi connectivity index (χ1) is 12.3. The molecule has 0 fully saturated rings. The van der Waals surface area contributed by atoms with Gasteiger partial charge in [-0.05, 0) is 81.1 Å². The number of amides is 1. The minimum atomic E-state index is -4.42. The average molecular weight is 379 g/mol. The highest BCUT2D eigenvalue weighted by atomic mass is 19.4. The van der Waals surface area contributed by atoms with Crippen LogP contribution in [0.5, 0.6) is 0 Å². The van der Waals surface area contributed by atoms with E-state index in [1.165, 1.54) is 4.90 Å². The van der Waals surface area contributed by atoms with Crippen LogP contribution < -0.4 is 4.90 Å². The van der Waals surface area contributed by atoms with Crippen molar-refractivity contribution >= 4 is 11.8 Å². The minimum Gasteiger partial charge on any atom is -0.443 e. The largest absolute Gasteiger partial charge is 0.443 e. The monoisotopic (exact) mass is 379 g/mol. The summed E-state index contributed by atoms with van der Waals surface area (Å²) >= 11 is 0. The molecule has 2 aromatic rings. The predicted octanol–water partition coefficient (Wildman–Crippen LogP) is 6.36. The Morgan fingerprint density at radius 1 is 0.889 bits per heavy atom. The number of carbonyl (C=O) groups is 1. The summed E-state index contributed by atoms with van der Waals surface area (Å²) in [5.41, 5.74) is 1.61. The van der Waals surface area contributed by atoms with E-state index >= 15 is 0 Å². The lowest BCUT2D eigenvalue weighted by Crippen LogP contribution is -2.34. The minimum absolute atomic E-state index is 0.449. The molecule has 0 bridgehead atoms. The number of carbonyl (C=O) groups excluding carboxylic acids is 1. The summed E-state index contributed by atoms with van der Waals surface area (Å²) < 4.78 is 44.8. The summed E-state index contributed by atoms with van der Waals surface area (Å²) in [4.78, 5) is 13.7. The fourth-order valence-electron chi connectivity index (χ4n) is 2.67. The molecule has 1 amide bonds. The first-order valence-corrected chi connectivity index (χ1v) is 8.54. The Labute approximate surface area is 157 Å². The molecule has 27 heavy (non-hydrogen) atoms. The molecule has 0 saturated carbocycles. The zero-order valence-corrected chi connectivity index (χ0v) is 16.4. The molecule has 0 aliphatic rings. The van der Waals surface area contributed by atoms with Gasteiger partial charge in [0.05, 0.1) is 5.56 Å². The van der Waals surface area contributed by atoms with Crippen molar-refractivity contribution in [2.24, 2.45) is 0 Å². The molecule has 0 N–H and O–H groups in total. The lowest BCUT2D eigenvalue weighted by molar-refractivity contribution is -0.137. The molecule has 0 atom stereocenters. The number of nitrogens with zero attached hydrogens (tertiary/aromatic N) is 1. The Balaban J connectivity index is 2.47. The molecular weight excluding hydrogens is 355 g/mol. The van der Waals surface area contributed by atoms with Crippen LogP contribution in [-0.2, 0) is 10.9 Å². The van der Waals surface area contributed by atoms with E-state index in [4.69, 9.17) is 4.74 Å². The van der Waals surface area contributed by atoms with E-state index in [2.05, 4.69) is 0 Å². The summed E-state index contributed by atoms with van der Waals surface area (Å²) in [6.45, 7) is 8.77. The highest BCUT2D eigenvalue weighted by molar-refractivity contribution is 5.88. The molecular formula is C21H24F3NO2. The second-order valence-electron chi connectivity index (χ2n) is 7.68. The molecule has 0 radical (unpaired) electrons. The van der Waals surface area contributed by atoms with Crippen LogP contribution in [0.25, 0.3) is 11.1 Å². The van der Waals surface area contributed by atoms with Crippen LogP contribution in [0.2, 0.25) is 0 Å². The van der Waals surface area contributed by atoms with Crippen molar-refractivity contribution in [3.05, 3.63) is 53.1 Å². The van der Waals surface area contributed by atoms with E-state index < -0.39 is 23.4 Å². The van der Waals surface area contributed by atoms with Gasteiger partial charge in [-0.15, -0.1) is 0 Å². The smallest absolute Gasteiger partial charge is 0.416 e. The standard InChI is InChI=1S/C21H24F3NO2/c1-13-7-15(11-17(9-13)21(22,23)24)16-8-14(2)10-18(12-16)25(6)19(26)27-20(3,4)5/h7-12H,1-6H3. The number of hydrogen-bond acceptors (Lipinski definition) is 2. The summed E-state index contributed by atoms with van der Waals surface area (Å²) in [7, 11) is 1.57. The quantitative estimate of drug-likeness (QED) is 0.607. The van der Waals surface area contributed by atoms with E-state index in [1.807, 2.05) is 6.92 Å². The highest BCUT2D eigenvalue weighted by Gasteiger charge is 2.31. The Kier molecular flexibility index (Phi) is 5.59. The number of anilines is 1. The number of alkyl halides is 3. The lowest BCUT2D eigenvalue weighted by Gasteiger charge is -2.25. The molecule has 146 valence electrons. The highest BCUT2D eigenvalue weighted by Crippen LogP contribution is 2.34. The van der Waals surface area contributed by atoms with Gasteiger partial charge in [-0.1, -0.05) is 12.1 Å². The Morgan fingerprint density at radius 3 is 1.93 bits per heavy atom. The van der Waals surface area contributed by atoms with Crippen LogP contribution in [-0.4, -0.2) is 18.7 Å². The number of aryl methyl sites for hydroxylation is 2. The molecule has 0 aliphatic heterocycles. The van der Waals surface area contributed by atoms with Gasteiger partial charge in [-0.3, -0.25) is 4.90 Å². The van der Waals surface area contributed by atoms with Crippen LogP contribution in [0.4, 0.5) is 23.7 Å². The average Bonchev–Trinajstić information content (AvgIpc) is 2.50. The second-order valence-corrected chi connectivity index (χ2v) is 7.68. The molecule has 0 saturated heterocycles. The molecule has 0 aromatic heterocycles. The molecule has 0 unspecified atom stereocenters. The molecule has 0 aliphatic carbocycles. The van der Waals surface area contributed by atoms with Crippen LogP contribution in [0, 0.1) is 13.8 Å². The first kappa shape index (κ1) is 20.8. The fraction of sp³-hybridized carbons (Fsp3) is 0.381. The first-order valence-electron chi connectivity index (χ1n) is 8.54. The maximum absolute atomic E-state index is 13.1. The van der Waals surface area contributed by atoms with E-state index in [-0.39, 0.29) is 0 Å². The van der Waals surface area contributed by atoms with Gasteiger partial charge < -0.3 is 4.74 Å². The Bertz CT molecular complexity index is 851. The van der Waals surface area contributed by atoms with Gasteiger partial charge in [-0.25, -0.2) is 4.79 Å². The van der Waals surface area contributed by atoms with Gasteiger partial charge in [0.1, 0.15) is 5.60 Å². The van der Waals surface area contributed by atoms with Gasteiger partial charge in [0, 0.05) is 12.7 Å². The van der Waals surface area contributed by atoms with Crippen molar-refractivity contribution in [3.8, 4) is 11.1 Å². The number of halogens is 3. The predicted molar refractivity (Wildman–Crippen MR) is 101 cm³/mol. The van der Waals surface area contributed by atoms with Gasteiger partial charge >= 0.3 is 12.3 Å². The SMILES string of the molecule is Cc1cc(-c2cc(C)cc(C(F)(F)F)c2)cc(N(C)C(=O)OC(C)(C)C)c1. The van der Waals surface area contributed by atoms with Crippen LogP contribution >= 0.6 is 0 Å². The number of hydrogen-bond donors (Lipinski definition) is 0. The normalized spacial score (nSPS) is 12.0. The molecule has 0 spiro atoms. The van der Waals surface area contributed by atoms with Gasteiger partial charge in [0.2, 0.25) is 0 Å². The van der Waals surface area contributed by atoms with Crippen LogP contribution in [0.1, 0.15) is 37.5 Å². The van der Waals surface area contributed by atoms with Crippen molar-refractivity contribution in [2.75, 3.05) is 11.9 Å². The van der Waals surface area contributed by atoms with Gasteiger partial charge in [0.15, 0.2) is 0 Å². The molecule has 2 aromatic carbocycles. The molecule has 3 nitrogen and oxygen atoms in total. The molecule has 6 heteroatoms. The van der Waals surface area contributed by atoms with E-state index in [0.717, 1.165) is 17.7 Å². The second kappa shape index (κ2) is 7.25. The van der Waals surface area contributed by atoms with Crippen molar-refractivity contribution < 1.29 is 22.7 Å². The van der Waals surface area contributed by atoms with E-state index in [9.17, 15) is 18.0 Å². The third-order valence-electron chi connectivity index (χ3n) is 3.85. The third-order valence-corrected chi connectivity index (χ3v) is 3.85. The maximum Gasteiger partial charge on any atom is 0.416 e. The lowest BCUT2D eigenvalue weighted by atomic mass is 9.98. The van der Waals surface area contributed by atoms with Crippen molar-refractivity contribution in [1.82, 2.24) is 0 Å². The van der Waals surface area contributed by atoms with Gasteiger partial charge in [-0.2, -0.15) is 13.2 Å². The Morgan fingerprint density at radius 2 is 1.41 bits per heavy atom. The number of rotatable bonds is 2. The summed E-state index contributed by atoms with van der Waals surface area (Å²) in [6.07, 6.45) is -4.94. The Hall–Kier alpha value is -2.50.